The molecule has 9 nitrogen and oxygen atoms in total. The van der Waals surface area contributed by atoms with Gasteiger partial charge in [-0.2, -0.15) is 0 Å². The molecule has 3 aromatic carbocycles. The summed E-state index contributed by atoms with van der Waals surface area (Å²) < 4.78 is 5.47. The van der Waals surface area contributed by atoms with E-state index in [0.717, 1.165) is 22.4 Å². The Morgan fingerprint density at radius 2 is 1.74 bits per heavy atom. The zero-order valence-electron chi connectivity index (χ0n) is 19.6. The number of phenols is 1. The number of anilines is 1. The second kappa shape index (κ2) is 9.76. The van der Waals surface area contributed by atoms with E-state index in [1.807, 2.05) is 73.6 Å². The Balaban J connectivity index is 1.96. The summed E-state index contributed by atoms with van der Waals surface area (Å²) >= 11 is 0. The van der Waals surface area contributed by atoms with Gasteiger partial charge in [0.25, 0.3) is 0 Å². The van der Waals surface area contributed by atoms with Gasteiger partial charge in [0.1, 0.15) is 0 Å². The van der Waals surface area contributed by atoms with Crippen LogP contribution < -0.4 is 20.3 Å². The fraction of sp³-hybridized carbons (Fsp3) is 0.192. The number of ether oxygens (including phenoxy) is 1. The van der Waals surface area contributed by atoms with Crippen molar-refractivity contribution in [2.24, 2.45) is 0 Å². The standard InChI is InChI=1S/C26H26N4O5/c1-4-35-21-15-18(14-20(25(21)31)30(33)34)24-22(16-8-6-5-7-9-16)23(27-26(32)28-24)17-10-12-19(13-11-17)29(2)3/h5-15,24,31H,4H2,1-3H3,(H2,27,28,32). The Kier molecular flexibility index (Phi) is 6.59. The third kappa shape index (κ3) is 4.74. The van der Waals surface area contributed by atoms with Crippen LogP contribution in [0.25, 0.3) is 11.3 Å². The Bertz CT molecular complexity index is 1290. The molecule has 0 spiro atoms. The average Bonchev–Trinajstić information content (AvgIpc) is 2.85. The zero-order chi connectivity index (χ0) is 25.1. The predicted octanol–water partition coefficient (Wildman–Crippen LogP) is 4.69. The largest absolute Gasteiger partial charge is 0.500 e. The second-order valence-corrected chi connectivity index (χ2v) is 8.20. The number of nitrogens with zero attached hydrogens (tertiary/aromatic N) is 2. The molecule has 1 aliphatic rings. The number of carbonyl (C=O) groups excluding carboxylic acids is 1. The van der Waals surface area contributed by atoms with Crippen LogP contribution in [-0.2, 0) is 0 Å². The normalized spacial score (nSPS) is 15.3. The first kappa shape index (κ1) is 23.6. The molecule has 35 heavy (non-hydrogen) atoms. The van der Waals surface area contributed by atoms with Crippen LogP contribution in [0.1, 0.15) is 29.7 Å². The van der Waals surface area contributed by atoms with Gasteiger partial charge in [-0.1, -0.05) is 42.5 Å². The number of carbonyl (C=O) groups is 1. The highest BCUT2D eigenvalue weighted by Crippen LogP contribution is 2.44. The van der Waals surface area contributed by atoms with Gasteiger partial charge < -0.3 is 25.4 Å². The van der Waals surface area contributed by atoms with Crippen molar-refractivity contribution in [3.05, 3.63) is 93.5 Å². The van der Waals surface area contributed by atoms with E-state index in [-0.39, 0.29) is 12.4 Å². The number of urea groups is 1. The number of benzene rings is 3. The summed E-state index contributed by atoms with van der Waals surface area (Å²) in [5.41, 5.74) is 3.84. The van der Waals surface area contributed by atoms with Gasteiger partial charge in [-0.05, 0) is 41.8 Å². The van der Waals surface area contributed by atoms with Gasteiger partial charge in [-0.15, -0.1) is 0 Å². The molecular weight excluding hydrogens is 448 g/mol. The summed E-state index contributed by atoms with van der Waals surface area (Å²) in [7, 11) is 3.89. The number of nitrogens with one attached hydrogen (secondary N) is 2. The van der Waals surface area contributed by atoms with Crippen molar-refractivity contribution in [1.29, 1.82) is 0 Å². The molecule has 2 amide bonds. The lowest BCUT2D eigenvalue weighted by atomic mass is 9.87. The van der Waals surface area contributed by atoms with E-state index < -0.39 is 28.4 Å². The number of hydrogen-bond acceptors (Lipinski definition) is 6. The number of phenolic OH excluding ortho intramolecular Hbond substituents is 1. The first-order valence-corrected chi connectivity index (χ1v) is 11.1. The van der Waals surface area contributed by atoms with Gasteiger partial charge >= 0.3 is 11.7 Å². The molecule has 1 aliphatic heterocycles. The van der Waals surface area contributed by atoms with E-state index in [2.05, 4.69) is 10.6 Å². The van der Waals surface area contributed by atoms with Crippen LogP contribution in [0.2, 0.25) is 0 Å². The molecule has 0 radical (unpaired) electrons. The highest BCUT2D eigenvalue weighted by molar-refractivity contribution is 6.03. The van der Waals surface area contributed by atoms with E-state index in [1.165, 1.54) is 12.1 Å². The third-order valence-corrected chi connectivity index (χ3v) is 5.74. The van der Waals surface area contributed by atoms with E-state index in [1.54, 1.807) is 6.92 Å². The Labute approximate surface area is 202 Å². The molecule has 4 rings (SSSR count). The number of aromatic hydroxyl groups is 1. The summed E-state index contributed by atoms with van der Waals surface area (Å²) in [6.07, 6.45) is 0. The topological polar surface area (TPSA) is 117 Å². The molecule has 180 valence electrons. The maximum Gasteiger partial charge on any atom is 0.320 e. The number of nitro benzene ring substituents is 1. The monoisotopic (exact) mass is 474 g/mol. The summed E-state index contributed by atoms with van der Waals surface area (Å²) in [5, 5.41) is 27.9. The molecule has 0 aliphatic carbocycles. The molecule has 3 N–H and O–H groups in total. The third-order valence-electron chi connectivity index (χ3n) is 5.74. The number of rotatable bonds is 7. The van der Waals surface area contributed by atoms with Crippen LogP contribution in [0.4, 0.5) is 16.2 Å². The van der Waals surface area contributed by atoms with Gasteiger partial charge in [0.05, 0.1) is 23.3 Å². The number of amides is 2. The Morgan fingerprint density at radius 1 is 1.06 bits per heavy atom. The van der Waals surface area contributed by atoms with Gasteiger partial charge in [0, 0.05) is 31.4 Å². The average molecular weight is 475 g/mol. The van der Waals surface area contributed by atoms with Gasteiger partial charge in [0.2, 0.25) is 5.75 Å². The van der Waals surface area contributed by atoms with Gasteiger partial charge in [0.15, 0.2) is 5.75 Å². The molecule has 0 fully saturated rings. The van der Waals surface area contributed by atoms with Crippen molar-refractivity contribution in [2.45, 2.75) is 13.0 Å². The zero-order valence-corrected chi connectivity index (χ0v) is 19.6. The predicted molar refractivity (Wildman–Crippen MR) is 134 cm³/mol. The van der Waals surface area contributed by atoms with E-state index in [0.29, 0.717) is 11.3 Å². The van der Waals surface area contributed by atoms with Gasteiger partial charge in [-0.25, -0.2) is 4.79 Å². The molecule has 1 atom stereocenters. The summed E-state index contributed by atoms with van der Waals surface area (Å²) in [4.78, 5) is 25.8. The summed E-state index contributed by atoms with van der Waals surface area (Å²) in [6, 6.07) is 18.8. The van der Waals surface area contributed by atoms with Crippen molar-refractivity contribution in [3.63, 3.8) is 0 Å². The Hall–Kier alpha value is -4.53. The van der Waals surface area contributed by atoms with Crippen molar-refractivity contribution < 1.29 is 19.6 Å². The lowest BCUT2D eigenvalue weighted by Gasteiger charge is -2.31. The molecule has 9 heteroatoms. The van der Waals surface area contributed by atoms with Crippen molar-refractivity contribution in [3.8, 4) is 11.5 Å². The molecule has 1 unspecified atom stereocenters. The minimum absolute atomic E-state index is 0.0196. The SMILES string of the molecule is CCOc1cc(C2NC(=O)NC(c3ccc(N(C)C)cc3)=C2c2ccccc2)cc([N+](=O)[O-])c1O. The summed E-state index contributed by atoms with van der Waals surface area (Å²) in [5.74, 6) is -0.570. The quantitative estimate of drug-likeness (QED) is 0.338. The smallest absolute Gasteiger partial charge is 0.320 e. The highest BCUT2D eigenvalue weighted by atomic mass is 16.6. The molecule has 3 aromatic rings. The van der Waals surface area contributed by atoms with Crippen molar-refractivity contribution in [1.82, 2.24) is 10.6 Å². The second-order valence-electron chi connectivity index (χ2n) is 8.20. The molecule has 0 aromatic heterocycles. The number of hydrogen-bond donors (Lipinski definition) is 3. The maximum absolute atomic E-state index is 12.8. The van der Waals surface area contributed by atoms with E-state index >= 15 is 0 Å². The van der Waals surface area contributed by atoms with Gasteiger partial charge in [-0.3, -0.25) is 10.1 Å². The lowest BCUT2D eigenvalue weighted by molar-refractivity contribution is -0.386. The highest BCUT2D eigenvalue weighted by Gasteiger charge is 2.33. The van der Waals surface area contributed by atoms with Crippen LogP contribution in [0, 0.1) is 10.1 Å². The van der Waals surface area contributed by atoms with Crippen molar-refractivity contribution in [2.75, 3.05) is 25.6 Å². The molecule has 0 saturated carbocycles. The molecule has 1 heterocycles. The van der Waals surface area contributed by atoms with E-state index in [9.17, 15) is 20.0 Å². The van der Waals surface area contributed by atoms with Crippen LogP contribution in [0.3, 0.4) is 0 Å². The van der Waals surface area contributed by atoms with E-state index in [4.69, 9.17) is 4.74 Å². The maximum atomic E-state index is 12.8. The first-order chi connectivity index (χ1) is 16.8. The van der Waals surface area contributed by atoms with Crippen LogP contribution >= 0.6 is 0 Å². The Morgan fingerprint density at radius 3 is 2.34 bits per heavy atom. The van der Waals surface area contributed by atoms with Crippen LogP contribution in [-0.4, -0.2) is 36.8 Å². The minimum atomic E-state index is -0.742. The summed E-state index contributed by atoms with van der Waals surface area (Å²) in [6.45, 7) is 1.92. The number of nitro groups is 1. The fourth-order valence-electron chi connectivity index (χ4n) is 4.08. The minimum Gasteiger partial charge on any atom is -0.500 e. The molecule has 0 saturated heterocycles. The lowest BCUT2D eigenvalue weighted by Crippen LogP contribution is -2.43. The fourth-order valence-corrected chi connectivity index (χ4v) is 4.08. The van der Waals surface area contributed by atoms with Crippen LogP contribution in [0.5, 0.6) is 11.5 Å². The molecular formula is C26H26N4O5. The molecule has 0 bridgehead atoms. The van der Waals surface area contributed by atoms with Crippen LogP contribution in [0.15, 0.2) is 66.7 Å². The van der Waals surface area contributed by atoms with Crippen molar-refractivity contribution >= 4 is 28.7 Å². The first-order valence-electron chi connectivity index (χ1n) is 11.1.